The van der Waals surface area contributed by atoms with E-state index in [2.05, 4.69) is 49.4 Å². The minimum atomic E-state index is -0.115. The third-order valence-corrected chi connectivity index (χ3v) is 6.38. The molecular weight excluding hydrogens is 298 g/mol. The lowest BCUT2D eigenvalue weighted by molar-refractivity contribution is 0.0889. The standard InChI is InChI=1S/C21H23NO2/c1-20(8-9-20)14-24-19(23)22-12-18-11-21(18,13-22)17-7-6-15-4-2-3-5-16(15)10-17/h2-7,10,18H,8-9,11-14H2,1H3/t18-,21+/m1/s1. The van der Waals surface area contributed by atoms with Gasteiger partial charge in [-0.05, 0) is 41.5 Å². The molecule has 3 aliphatic rings. The average Bonchev–Trinajstić information content (AvgIpc) is 3.49. The van der Waals surface area contributed by atoms with Gasteiger partial charge in [-0.1, -0.05) is 49.4 Å². The molecule has 0 bridgehead atoms. The third kappa shape index (κ3) is 2.21. The van der Waals surface area contributed by atoms with E-state index in [1.807, 2.05) is 4.90 Å². The van der Waals surface area contributed by atoms with E-state index in [0.717, 1.165) is 13.1 Å². The van der Waals surface area contributed by atoms with Crippen LogP contribution in [0.2, 0.25) is 0 Å². The number of likely N-dealkylation sites (tertiary alicyclic amines) is 1. The van der Waals surface area contributed by atoms with Crippen molar-refractivity contribution in [1.29, 1.82) is 0 Å². The number of ether oxygens (including phenoxy) is 1. The van der Waals surface area contributed by atoms with Crippen LogP contribution in [0.1, 0.15) is 31.7 Å². The Labute approximate surface area is 142 Å². The molecule has 0 radical (unpaired) electrons. The van der Waals surface area contributed by atoms with E-state index in [1.165, 1.54) is 35.6 Å². The lowest BCUT2D eigenvalue weighted by atomic mass is 9.93. The summed E-state index contributed by atoms with van der Waals surface area (Å²) in [5.41, 5.74) is 1.82. The Bertz CT molecular complexity index is 825. The van der Waals surface area contributed by atoms with Gasteiger partial charge in [0.2, 0.25) is 0 Å². The van der Waals surface area contributed by atoms with Crippen molar-refractivity contribution < 1.29 is 9.53 Å². The summed E-state index contributed by atoms with van der Waals surface area (Å²) >= 11 is 0. The van der Waals surface area contributed by atoms with Crippen LogP contribution in [0.5, 0.6) is 0 Å². The van der Waals surface area contributed by atoms with Gasteiger partial charge < -0.3 is 9.64 Å². The van der Waals surface area contributed by atoms with E-state index in [4.69, 9.17) is 4.74 Å². The highest BCUT2D eigenvalue weighted by Crippen LogP contribution is 2.59. The molecule has 124 valence electrons. The van der Waals surface area contributed by atoms with Crippen molar-refractivity contribution in [2.24, 2.45) is 11.3 Å². The van der Waals surface area contributed by atoms with Crippen LogP contribution in [0.15, 0.2) is 42.5 Å². The number of hydrogen-bond donors (Lipinski definition) is 0. The Morgan fingerprint density at radius 3 is 2.79 bits per heavy atom. The molecule has 2 aromatic rings. The summed E-state index contributed by atoms with van der Waals surface area (Å²) in [5, 5.41) is 2.57. The fraction of sp³-hybridized carbons (Fsp3) is 0.476. The molecule has 0 aromatic heterocycles. The van der Waals surface area contributed by atoms with Gasteiger partial charge in [-0.3, -0.25) is 0 Å². The van der Waals surface area contributed by atoms with E-state index in [0.29, 0.717) is 12.5 Å². The van der Waals surface area contributed by atoms with E-state index in [1.54, 1.807) is 0 Å². The zero-order chi connectivity index (χ0) is 16.4. The van der Waals surface area contributed by atoms with Crippen molar-refractivity contribution in [3.05, 3.63) is 48.0 Å². The van der Waals surface area contributed by atoms with Crippen molar-refractivity contribution in [2.45, 2.75) is 31.6 Å². The number of nitrogens with zero attached hydrogens (tertiary/aromatic N) is 1. The van der Waals surface area contributed by atoms with Gasteiger partial charge in [0.05, 0.1) is 6.61 Å². The van der Waals surface area contributed by atoms with Crippen LogP contribution < -0.4 is 0 Å². The number of piperidine rings is 1. The van der Waals surface area contributed by atoms with Crippen molar-refractivity contribution in [2.75, 3.05) is 19.7 Å². The Hall–Kier alpha value is -2.03. The monoisotopic (exact) mass is 321 g/mol. The molecule has 5 rings (SSSR count). The second-order valence-corrected chi connectivity index (χ2v) is 8.36. The molecule has 0 N–H and O–H groups in total. The molecule has 3 heteroatoms. The Morgan fingerprint density at radius 2 is 2.00 bits per heavy atom. The fourth-order valence-electron chi connectivity index (χ4n) is 4.25. The predicted molar refractivity (Wildman–Crippen MR) is 94.0 cm³/mol. The molecule has 1 aliphatic heterocycles. The Morgan fingerprint density at radius 1 is 1.21 bits per heavy atom. The molecule has 0 spiro atoms. The van der Waals surface area contributed by atoms with Gasteiger partial charge in [0.1, 0.15) is 0 Å². The van der Waals surface area contributed by atoms with Crippen LogP contribution in [0, 0.1) is 11.3 Å². The number of carbonyl (C=O) groups is 1. The topological polar surface area (TPSA) is 29.5 Å². The van der Waals surface area contributed by atoms with Crippen LogP contribution >= 0.6 is 0 Å². The second-order valence-electron chi connectivity index (χ2n) is 8.36. The molecular formula is C21H23NO2. The van der Waals surface area contributed by atoms with Crippen LogP contribution in [-0.2, 0) is 10.2 Å². The van der Waals surface area contributed by atoms with E-state index in [-0.39, 0.29) is 16.9 Å². The lowest BCUT2D eigenvalue weighted by Crippen LogP contribution is -2.34. The van der Waals surface area contributed by atoms with Crippen LogP contribution in [0.25, 0.3) is 10.8 Å². The summed E-state index contributed by atoms with van der Waals surface area (Å²) in [6.45, 7) is 4.43. The first-order valence-electron chi connectivity index (χ1n) is 8.99. The van der Waals surface area contributed by atoms with Gasteiger partial charge >= 0.3 is 6.09 Å². The molecule has 1 saturated heterocycles. The Balaban J connectivity index is 1.33. The summed E-state index contributed by atoms with van der Waals surface area (Å²) in [6.07, 6.45) is 3.45. The molecule has 3 fully saturated rings. The Kier molecular flexibility index (Phi) is 2.83. The lowest BCUT2D eigenvalue weighted by Gasteiger charge is -2.22. The number of rotatable bonds is 3. The first-order chi connectivity index (χ1) is 11.6. The summed E-state index contributed by atoms with van der Waals surface area (Å²) in [7, 11) is 0. The van der Waals surface area contributed by atoms with Gasteiger partial charge in [0, 0.05) is 23.9 Å². The molecule has 2 aliphatic carbocycles. The van der Waals surface area contributed by atoms with Crippen molar-refractivity contribution >= 4 is 16.9 Å². The zero-order valence-electron chi connectivity index (χ0n) is 14.1. The van der Waals surface area contributed by atoms with E-state index < -0.39 is 0 Å². The SMILES string of the molecule is CC1(COC(=O)N2C[C@H]3C[C@@]3(c3ccc4ccccc4c3)C2)CC1. The third-order valence-electron chi connectivity index (χ3n) is 6.38. The maximum Gasteiger partial charge on any atom is 0.409 e. The largest absolute Gasteiger partial charge is 0.449 e. The fourth-order valence-corrected chi connectivity index (χ4v) is 4.25. The first kappa shape index (κ1) is 14.3. The van der Waals surface area contributed by atoms with Crippen molar-refractivity contribution in [3.63, 3.8) is 0 Å². The number of fused-ring (bicyclic) bond motifs is 2. The van der Waals surface area contributed by atoms with Gasteiger partial charge in [0.25, 0.3) is 0 Å². The molecule has 2 atom stereocenters. The van der Waals surface area contributed by atoms with Crippen molar-refractivity contribution in [1.82, 2.24) is 4.90 Å². The minimum absolute atomic E-state index is 0.115. The molecule has 24 heavy (non-hydrogen) atoms. The summed E-state index contributed by atoms with van der Waals surface area (Å²) < 4.78 is 5.56. The van der Waals surface area contributed by atoms with Gasteiger partial charge in [0.15, 0.2) is 0 Å². The number of amides is 1. The van der Waals surface area contributed by atoms with Crippen LogP contribution in [0.3, 0.4) is 0 Å². The minimum Gasteiger partial charge on any atom is -0.449 e. The van der Waals surface area contributed by atoms with Crippen LogP contribution in [0.4, 0.5) is 4.79 Å². The van der Waals surface area contributed by atoms with Gasteiger partial charge in [-0.25, -0.2) is 4.79 Å². The summed E-state index contributed by atoms with van der Waals surface area (Å²) in [5.74, 6) is 0.600. The number of carbonyl (C=O) groups excluding carboxylic acids is 1. The first-order valence-corrected chi connectivity index (χ1v) is 8.99. The zero-order valence-corrected chi connectivity index (χ0v) is 14.1. The highest BCUT2D eigenvalue weighted by molar-refractivity contribution is 5.83. The summed E-state index contributed by atoms with van der Waals surface area (Å²) in [4.78, 5) is 14.3. The van der Waals surface area contributed by atoms with Crippen LogP contribution in [-0.4, -0.2) is 30.7 Å². The molecule has 2 aromatic carbocycles. The number of hydrogen-bond acceptors (Lipinski definition) is 2. The quantitative estimate of drug-likeness (QED) is 0.841. The molecule has 1 amide bonds. The normalized spacial score (nSPS) is 29.4. The average molecular weight is 321 g/mol. The maximum atomic E-state index is 12.4. The van der Waals surface area contributed by atoms with E-state index in [9.17, 15) is 4.79 Å². The summed E-state index contributed by atoms with van der Waals surface area (Å²) in [6, 6.07) is 15.3. The second kappa shape index (κ2) is 4.75. The molecule has 2 saturated carbocycles. The highest BCUT2D eigenvalue weighted by Gasteiger charge is 2.62. The number of benzene rings is 2. The molecule has 3 nitrogen and oxygen atoms in total. The van der Waals surface area contributed by atoms with Gasteiger partial charge in [-0.15, -0.1) is 0 Å². The van der Waals surface area contributed by atoms with Gasteiger partial charge in [-0.2, -0.15) is 0 Å². The molecule has 1 heterocycles. The molecule has 0 unspecified atom stereocenters. The highest BCUT2D eigenvalue weighted by atomic mass is 16.6. The predicted octanol–water partition coefficient (Wildman–Crippen LogP) is 4.35. The van der Waals surface area contributed by atoms with E-state index >= 15 is 0 Å². The maximum absolute atomic E-state index is 12.4. The smallest absolute Gasteiger partial charge is 0.409 e. The van der Waals surface area contributed by atoms with Crippen molar-refractivity contribution in [3.8, 4) is 0 Å².